The van der Waals surface area contributed by atoms with Crippen LogP contribution in [0.2, 0.25) is 0 Å². The van der Waals surface area contributed by atoms with Gasteiger partial charge in [-0.3, -0.25) is 0 Å². The van der Waals surface area contributed by atoms with Crippen LogP contribution in [0.25, 0.3) is 0 Å². The van der Waals surface area contributed by atoms with E-state index in [0.29, 0.717) is 17.8 Å². The fourth-order valence-corrected chi connectivity index (χ4v) is 1.95. The quantitative estimate of drug-likeness (QED) is 0.613. The van der Waals surface area contributed by atoms with E-state index in [1.165, 1.54) is 12.8 Å². The van der Waals surface area contributed by atoms with Gasteiger partial charge in [-0.1, -0.05) is 12.2 Å². The third kappa shape index (κ3) is 1.72. The van der Waals surface area contributed by atoms with Crippen LogP contribution in [0.15, 0.2) is 25.3 Å². The average Bonchev–Trinajstić information content (AvgIpc) is 2.46. The number of hydrogen-bond donors (Lipinski definition) is 1. The van der Waals surface area contributed by atoms with Crippen molar-refractivity contribution in [2.45, 2.75) is 12.8 Å². The highest BCUT2D eigenvalue weighted by Gasteiger charge is 2.29. The Morgan fingerprint density at radius 2 is 2.00 bits per heavy atom. The first-order valence-electron chi connectivity index (χ1n) is 4.27. The van der Waals surface area contributed by atoms with E-state index in [0.717, 1.165) is 6.54 Å². The van der Waals surface area contributed by atoms with Gasteiger partial charge in [-0.2, -0.15) is 0 Å². The molecule has 0 aromatic heterocycles. The summed E-state index contributed by atoms with van der Waals surface area (Å²) in [6.07, 6.45) is 6.50. The maximum atomic E-state index is 5.63. The van der Waals surface area contributed by atoms with E-state index in [9.17, 15) is 0 Å². The van der Waals surface area contributed by atoms with Gasteiger partial charge < -0.3 is 5.73 Å². The molecule has 0 amide bonds. The molecular formula is C10H17N. The molecule has 0 radical (unpaired) electrons. The topological polar surface area (TPSA) is 26.0 Å². The summed E-state index contributed by atoms with van der Waals surface area (Å²) in [7, 11) is 0. The van der Waals surface area contributed by atoms with Gasteiger partial charge >= 0.3 is 0 Å². The lowest BCUT2D eigenvalue weighted by molar-refractivity contribution is 0.469. The normalized spacial score (nSPS) is 37.0. The van der Waals surface area contributed by atoms with Crippen LogP contribution in [0, 0.1) is 17.8 Å². The number of rotatable bonds is 3. The highest BCUT2D eigenvalue weighted by Crippen LogP contribution is 2.36. The fourth-order valence-electron chi connectivity index (χ4n) is 1.95. The molecule has 1 aliphatic rings. The van der Waals surface area contributed by atoms with Gasteiger partial charge in [-0.05, 0) is 37.1 Å². The molecule has 0 aromatic rings. The fraction of sp³-hybridized carbons (Fsp3) is 0.600. The van der Waals surface area contributed by atoms with Gasteiger partial charge in [0.15, 0.2) is 0 Å². The first kappa shape index (κ1) is 8.54. The molecule has 3 unspecified atom stereocenters. The lowest BCUT2D eigenvalue weighted by atomic mass is 9.97. The lowest BCUT2D eigenvalue weighted by Crippen LogP contribution is -2.16. The van der Waals surface area contributed by atoms with E-state index < -0.39 is 0 Å². The van der Waals surface area contributed by atoms with Crippen LogP contribution in [-0.4, -0.2) is 6.54 Å². The molecule has 1 heteroatoms. The molecule has 0 aromatic carbocycles. The third-order valence-electron chi connectivity index (χ3n) is 2.72. The van der Waals surface area contributed by atoms with E-state index in [4.69, 9.17) is 5.73 Å². The third-order valence-corrected chi connectivity index (χ3v) is 2.72. The largest absolute Gasteiger partial charge is 0.330 e. The summed E-state index contributed by atoms with van der Waals surface area (Å²) in [5.74, 6) is 1.95. The van der Waals surface area contributed by atoms with Crippen molar-refractivity contribution in [2.24, 2.45) is 23.5 Å². The highest BCUT2D eigenvalue weighted by molar-refractivity contribution is 4.98. The Balaban J connectivity index is 2.53. The molecule has 1 nitrogen and oxygen atoms in total. The smallest absolute Gasteiger partial charge is 0.00430 e. The van der Waals surface area contributed by atoms with E-state index >= 15 is 0 Å². The molecule has 62 valence electrons. The first-order chi connectivity index (χ1) is 5.31. The van der Waals surface area contributed by atoms with Crippen LogP contribution in [0.1, 0.15) is 12.8 Å². The molecule has 0 saturated heterocycles. The minimum atomic E-state index is 0.628. The Morgan fingerprint density at radius 3 is 2.36 bits per heavy atom. The predicted molar refractivity (Wildman–Crippen MR) is 49.2 cm³/mol. The first-order valence-corrected chi connectivity index (χ1v) is 4.27. The zero-order valence-corrected chi connectivity index (χ0v) is 7.00. The molecule has 1 fully saturated rings. The van der Waals surface area contributed by atoms with Gasteiger partial charge in [0.25, 0.3) is 0 Å². The highest BCUT2D eigenvalue weighted by atomic mass is 14.6. The monoisotopic (exact) mass is 151 g/mol. The average molecular weight is 151 g/mol. The van der Waals surface area contributed by atoms with Gasteiger partial charge in [0.1, 0.15) is 0 Å². The van der Waals surface area contributed by atoms with Crippen molar-refractivity contribution in [3.05, 3.63) is 25.3 Å². The van der Waals surface area contributed by atoms with Gasteiger partial charge in [-0.25, -0.2) is 0 Å². The summed E-state index contributed by atoms with van der Waals surface area (Å²) < 4.78 is 0. The molecule has 1 aliphatic carbocycles. The molecule has 11 heavy (non-hydrogen) atoms. The Kier molecular flexibility index (Phi) is 2.89. The maximum absolute atomic E-state index is 5.63. The van der Waals surface area contributed by atoms with Gasteiger partial charge in [0, 0.05) is 0 Å². The summed E-state index contributed by atoms with van der Waals surface area (Å²) in [6.45, 7) is 8.42. The molecule has 3 atom stereocenters. The van der Waals surface area contributed by atoms with Crippen molar-refractivity contribution in [1.82, 2.24) is 0 Å². The molecule has 1 rings (SSSR count). The maximum Gasteiger partial charge on any atom is -0.00430 e. The summed E-state index contributed by atoms with van der Waals surface area (Å²) in [6, 6.07) is 0. The van der Waals surface area contributed by atoms with E-state index in [2.05, 4.69) is 13.2 Å². The molecular weight excluding hydrogens is 134 g/mol. The van der Waals surface area contributed by atoms with Gasteiger partial charge in [0.05, 0.1) is 0 Å². The minimum Gasteiger partial charge on any atom is -0.330 e. The molecule has 0 spiro atoms. The Labute approximate surface area is 69.0 Å². The van der Waals surface area contributed by atoms with Crippen molar-refractivity contribution in [1.29, 1.82) is 0 Å². The summed E-state index contributed by atoms with van der Waals surface area (Å²) in [5, 5.41) is 0. The molecule has 0 aliphatic heterocycles. The Bertz CT molecular complexity index is 151. The van der Waals surface area contributed by atoms with Crippen molar-refractivity contribution in [3.8, 4) is 0 Å². The van der Waals surface area contributed by atoms with Crippen molar-refractivity contribution in [2.75, 3.05) is 6.54 Å². The minimum absolute atomic E-state index is 0.628. The van der Waals surface area contributed by atoms with Crippen molar-refractivity contribution in [3.63, 3.8) is 0 Å². The Morgan fingerprint density at radius 1 is 1.27 bits per heavy atom. The molecule has 0 bridgehead atoms. The zero-order valence-electron chi connectivity index (χ0n) is 7.00. The second kappa shape index (κ2) is 3.72. The van der Waals surface area contributed by atoms with E-state index in [-0.39, 0.29) is 0 Å². The molecule has 2 N–H and O–H groups in total. The summed E-state index contributed by atoms with van der Waals surface area (Å²) in [4.78, 5) is 0. The second-order valence-electron chi connectivity index (χ2n) is 3.36. The predicted octanol–water partition coefficient (Wildman–Crippen LogP) is 1.96. The standard InChI is InChI=1S/C10H17N/c1-3-8-5-9(4-2)10(6-8)7-11/h3-4,8-10H,1-2,5-7,11H2. The van der Waals surface area contributed by atoms with Crippen LogP contribution >= 0.6 is 0 Å². The van der Waals surface area contributed by atoms with Crippen LogP contribution in [-0.2, 0) is 0 Å². The van der Waals surface area contributed by atoms with E-state index in [1.54, 1.807) is 0 Å². The summed E-state index contributed by atoms with van der Waals surface area (Å²) in [5.41, 5.74) is 5.63. The van der Waals surface area contributed by atoms with Crippen LogP contribution in [0.4, 0.5) is 0 Å². The number of allylic oxidation sites excluding steroid dienone is 2. The number of nitrogens with two attached hydrogens (primary N) is 1. The van der Waals surface area contributed by atoms with Crippen LogP contribution < -0.4 is 5.73 Å². The Hall–Kier alpha value is -0.560. The second-order valence-corrected chi connectivity index (χ2v) is 3.36. The van der Waals surface area contributed by atoms with Gasteiger partial charge in [-0.15, -0.1) is 13.2 Å². The molecule has 1 saturated carbocycles. The molecule has 0 heterocycles. The van der Waals surface area contributed by atoms with Crippen LogP contribution in [0.5, 0.6) is 0 Å². The lowest BCUT2D eigenvalue weighted by Gasteiger charge is -2.11. The SMILES string of the molecule is C=CC1CC(C=C)C(CN)C1. The van der Waals surface area contributed by atoms with Crippen molar-refractivity contribution < 1.29 is 0 Å². The van der Waals surface area contributed by atoms with Crippen molar-refractivity contribution >= 4 is 0 Å². The number of hydrogen-bond acceptors (Lipinski definition) is 1. The summed E-state index contributed by atoms with van der Waals surface area (Å²) >= 11 is 0. The zero-order chi connectivity index (χ0) is 8.27. The van der Waals surface area contributed by atoms with Crippen LogP contribution in [0.3, 0.4) is 0 Å². The van der Waals surface area contributed by atoms with E-state index in [1.807, 2.05) is 12.2 Å². The van der Waals surface area contributed by atoms with Gasteiger partial charge in [0.2, 0.25) is 0 Å².